The van der Waals surface area contributed by atoms with Gasteiger partial charge in [0.15, 0.2) is 0 Å². The number of nitrogens with one attached hydrogen (secondary N) is 1. The van der Waals surface area contributed by atoms with Crippen LogP contribution < -0.4 is 4.72 Å². The molecule has 102 valence electrons. The van der Waals surface area contributed by atoms with Crippen molar-refractivity contribution in [3.05, 3.63) is 34.3 Å². The van der Waals surface area contributed by atoms with E-state index in [1.165, 1.54) is 0 Å². The second-order valence-corrected chi connectivity index (χ2v) is 7.45. The van der Waals surface area contributed by atoms with Crippen molar-refractivity contribution in [3.63, 3.8) is 0 Å². The van der Waals surface area contributed by atoms with Crippen molar-refractivity contribution >= 4 is 37.6 Å². The minimum absolute atomic E-state index is 0.0529. The van der Waals surface area contributed by atoms with Gasteiger partial charge in [-0.05, 0) is 30.5 Å². The summed E-state index contributed by atoms with van der Waals surface area (Å²) in [6.07, 6.45) is 0. The quantitative estimate of drug-likeness (QED) is 0.797. The number of alkyl halides is 1. The zero-order chi connectivity index (χ0) is 13.8. The van der Waals surface area contributed by atoms with Crippen LogP contribution in [0.1, 0.15) is 25.5 Å². The van der Waals surface area contributed by atoms with Gasteiger partial charge in [-0.15, -0.1) is 11.6 Å². The largest absolute Gasteiger partial charge is 0.212 e. The highest BCUT2D eigenvalue weighted by Gasteiger charge is 2.18. The lowest BCUT2D eigenvalue weighted by molar-refractivity contribution is 0.555. The van der Waals surface area contributed by atoms with Crippen LogP contribution >= 0.6 is 27.5 Å². The molecule has 1 aromatic carbocycles. The lowest BCUT2D eigenvalue weighted by atomic mass is 10.1. The highest BCUT2D eigenvalue weighted by Crippen LogP contribution is 2.17. The number of hydrogen-bond donors (Lipinski definition) is 1. The number of rotatable bonds is 6. The lowest BCUT2D eigenvalue weighted by Gasteiger charge is -2.16. The van der Waals surface area contributed by atoms with Gasteiger partial charge in [0.1, 0.15) is 0 Å². The summed E-state index contributed by atoms with van der Waals surface area (Å²) in [5.41, 5.74) is 0.931. The summed E-state index contributed by atoms with van der Waals surface area (Å²) in [4.78, 5) is 0. The molecule has 0 saturated carbocycles. The Balaban J connectivity index is 2.69. The van der Waals surface area contributed by atoms with Crippen LogP contribution in [-0.4, -0.2) is 20.1 Å². The van der Waals surface area contributed by atoms with Crippen molar-refractivity contribution in [2.24, 2.45) is 5.92 Å². The molecule has 0 aliphatic heterocycles. The standard InChI is InChI=1S/C12H17BrClNO2S/c1-9(7-14)8-18(16,17)15-10(2)11-3-5-12(13)6-4-11/h3-6,9-10,15H,7-8H2,1-2H3. The van der Waals surface area contributed by atoms with Crippen molar-refractivity contribution < 1.29 is 8.42 Å². The second-order valence-electron chi connectivity index (χ2n) is 4.43. The van der Waals surface area contributed by atoms with Gasteiger partial charge in [0.05, 0.1) is 5.75 Å². The van der Waals surface area contributed by atoms with E-state index < -0.39 is 10.0 Å². The van der Waals surface area contributed by atoms with Gasteiger partial charge < -0.3 is 0 Å². The fourth-order valence-electron chi connectivity index (χ4n) is 1.56. The van der Waals surface area contributed by atoms with Crippen LogP contribution in [0.3, 0.4) is 0 Å². The molecule has 0 saturated heterocycles. The molecule has 0 aliphatic rings. The maximum Gasteiger partial charge on any atom is 0.212 e. The molecule has 18 heavy (non-hydrogen) atoms. The fraction of sp³-hybridized carbons (Fsp3) is 0.500. The first-order chi connectivity index (χ1) is 8.34. The van der Waals surface area contributed by atoms with Gasteiger partial charge in [-0.3, -0.25) is 0 Å². The molecule has 3 nitrogen and oxygen atoms in total. The Labute approximate surface area is 122 Å². The molecule has 2 atom stereocenters. The maximum atomic E-state index is 11.9. The van der Waals surface area contributed by atoms with Crippen molar-refractivity contribution in [2.45, 2.75) is 19.9 Å². The topological polar surface area (TPSA) is 46.2 Å². The Kier molecular flexibility index (Phi) is 6.11. The number of benzene rings is 1. The number of hydrogen-bond acceptors (Lipinski definition) is 2. The average molecular weight is 355 g/mol. The fourth-order valence-corrected chi connectivity index (χ4v) is 3.70. The lowest BCUT2D eigenvalue weighted by Crippen LogP contribution is -2.31. The van der Waals surface area contributed by atoms with Crippen molar-refractivity contribution in [3.8, 4) is 0 Å². The minimum atomic E-state index is -3.30. The van der Waals surface area contributed by atoms with E-state index in [0.29, 0.717) is 5.88 Å². The van der Waals surface area contributed by atoms with Gasteiger partial charge in [-0.25, -0.2) is 13.1 Å². The molecule has 0 heterocycles. The van der Waals surface area contributed by atoms with Crippen LogP contribution in [0.25, 0.3) is 0 Å². The molecular formula is C12H17BrClNO2S. The second kappa shape index (κ2) is 6.89. The van der Waals surface area contributed by atoms with Crippen LogP contribution in [0.4, 0.5) is 0 Å². The maximum absolute atomic E-state index is 11.9. The van der Waals surface area contributed by atoms with E-state index in [1.807, 2.05) is 38.1 Å². The summed E-state index contributed by atoms with van der Waals surface area (Å²) in [7, 11) is -3.30. The van der Waals surface area contributed by atoms with Gasteiger partial charge in [-0.1, -0.05) is 35.0 Å². The molecule has 2 unspecified atom stereocenters. The molecule has 0 spiro atoms. The Morgan fingerprint density at radius 3 is 2.33 bits per heavy atom. The average Bonchev–Trinajstić information content (AvgIpc) is 2.28. The molecule has 0 amide bonds. The molecule has 1 aromatic rings. The first-order valence-corrected chi connectivity index (χ1v) is 8.63. The highest BCUT2D eigenvalue weighted by atomic mass is 79.9. The third kappa shape index (κ3) is 5.26. The van der Waals surface area contributed by atoms with E-state index >= 15 is 0 Å². The van der Waals surface area contributed by atoms with E-state index in [0.717, 1.165) is 10.0 Å². The molecule has 0 aliphatic carbocycles. The predicted octanol–water partition coefficient (Wildman–Crippen LogP) is 3.30. The summed E-state index contributed by atoms with van der Waals surface area (Å²) >= 11 is 8.98. The SMILES string of the molecule is CC(CCl)CS(=O)(=O)NC(C)c1ccc(Br)cc1. The third-order valence-electron chi connectivity index (χ3n) is 2.49. The molecule has 1 N–H and O–H groups in total. The molecule has 6 heteroatoms. The zero-order valence-electron chi connectivity index (χ0n) is 10.4. The van der Waals surface area contributed by atoms with Crippen LogP contribution in [-0.2, 0) is 10.0 Å². The molecule has 0 radical (unpaired) electrons. The molecule has 0 bridgehead atoms. The van der Waals surface area contributed by atoms with E-state index in [4.69, 9.17) is 11.6 Å². The number of halogens is 2. The molecule has 0 fully saturated rings. The summed E-state index contributed by atoms with van der Waals surface area (Å²) in [5, 5.41) is 0. The zero-order valence-corrected chi connectivity index (χ0v) is 13.5. The van der Waals surface area contributed by atoms with E-state index in [-0.39, 0.29) is 17.7 Å². The highest BCUT2D eigenvalue weighted by molar-refractivity contribution is 9.10. The third-order valence-corrected chi connectivity index (χ3v) is 5.27. The first-order valence-electron chi connectivity index (χ1n) is 5.65. The minimum Gasteiger partial charge on any atom is -0.212 e. The summed E-state index contributed by atoms with van der Waals surface area (Å²) in [5.74, 6) is 0.339. The van der Waals surface area contributed by atoms with Gasteiger partial charge in [0.2, 0.25) is 10.0 Å². The number of sulfonamides is 1. The van der Waals surface area contributed by atoms with Crippen LogP contribution in [0, 0.1) is 5.92 Å². The van der Waals surface area contributed by atoms with Crippen molar-refractivity contribution in [1.82, 2.24) is 4.72 Å². The predicted molar refractivity (Wildman–Crippen MR) is 79.4 cm³/mol. The summed E-state index contributed by atoms with van der Waals surface area (Å²) in [6.45, 7) is 3.64. The van der Waals surface area contributed by atoms with Crippen molar-refractivity contribution in [1.29, 1.82) is 0 Å². The summed E-state index contributed by atoms with van der Waals surface area (Å²) < 4.78 is 27.4. The van der Waals surface area contributed by atoms with E-state index in [2.05, 4.69) is 20.7 Å². The molecular weight excluding hydrogens is 338 g/mol. The van der Waals surface area contributed by atoms with E-state index in [9.17, 15) is 8.42 Å². The Bertz CT molecular complexity index is 475. The van der Waals surface area contributed by atoms with Gasteiger partial charge in [-0.2, -0.15) is 0 Å². The van der Waals surface area contributed by atoms with Gasteiger partial charge in [0.25, 0.3) is 0 Å². The molecule has 0 aromatic heterocycles. The van der Waals surface area contributed by atoms with Crippen molar-refractivity contribution in [2.75, 3.05) is 11.6 Å². The normalized spacial score (nSPS) is 15.3. The Morgan fingerprint density at radius 2 is 1.83 bits per heavy atom. The van der Waals surface area contributed by atoms with Crippen LogP contribution in [0.5, 0.6) is 0 Å². The Hall–Kier alpha value is -0.100. The summed E-state index contributed by atoms with van der Waals surface area (Å²) in [6, 6.07) is 7.32. The smallest absolute Gasteiger partial charge is 0.212 e. The van der Waals surface area contributed by atoms with Gasteiger partial charge in [0, 0.05) is 16.4 Å². The van der Waals surface area contributed by atoms with Crippen LogP contribution in [0.2, 0.25) is 0 Å². The first kappa shape index (κ1) is 16.0. The van der Waals surface area contributed by atoms with E-state index in [1.54, 1.807) is 0 Å². The molecule has 1 rings (SSSR count). The monoisotopic (exact) mass is 353 g/mol. The Morgan fingerprint density at radius 1 is 1.28 bits per heavy atom. The van der Waals surface area contributed by atoms with Crippen LogP contribution in [0.15, 0.2) is 28.7 Å². The van der Waals surface area contributed by atoms with Gasteiger partial charge >= 0.3 is 0 Å².